The lowest BCUT2D eigenvalue weighted by Crippen LogP contribution is -2.14. The van der Waals surface area contributed by atoms with Gasteiger partial charge in [0.25, 0.3) is 10.0 Å². The summed E-state index contributed by atoms with van der Waals surface area (Å²) in [7, 11) is -3.74. The number of benzene rings is 1. The Labute approximate surface area is 150 Å². The Morgan fingerprint density at radius 2 is 1.52 bits per heavy atom. The fraction of sp³-hybridized carbons (Fsp3) is 0.0625. The highest BCUT2D eigenvalue weighted by Crippen LogP contribution is 2.17. The van der Waals surface area contributed by atoms with Gasteiger partial charge < -0.3 is 5.32 Å². The molecule has 0 radical (unpaired) electrons. The van der Waals surface area contributed by atoms with Gasteiger partial charge in [-0.1, -0.05) is 11.6 Å². The maximum absolute atomic E-state index is 12.3. The number of anilines is 2. The van der Waals surface area contributed by atoms with Gasteiger partial charge in [-0.05, 0) is 54.1 Å². The molecule has 128 valence electrons. The highest BCUT2D eigenvalue weighted by Gasteiger charge is 2.14. The molecule has 0 fully saturated rings. The van der Waals surface area contributed by atoms with Crippen LogP contribution in [0.3, 0.4) is 0 Å². The standard InChI is InChI=1S/C16H14ClN5O2S/c17-13-1-3-14(4-2-13)25(23,24)22-16-6-5-15(20-21-16)19-11-12-7-9-18-10-8-12/h1-10H,11H2,(H,19,20)(H,21,22). The Morgan fingerprint density at radius 1 is 0.880 bits per heavy atom. The molecule has 3 aromatic rings. The molecule has 0 bridgehead atoms. The van der Waals surface area contributed by atoms with Crippen molar-refractivity contribution in [2.45, 2.75) is 11.4 Å². The smallest absolute Gasteiger partial charge is 0.263 e. The summed E-state index contributed by atoms with van der Waals surface area (Å²) < 4.78 is 26.9. The van der Waals surface area contributed by atoms with E-state index in [9.17, 15) is 8.42 Å². The zero-order valence-electron chi connectivity index (χ0n) is 12.9. The van der Waals surface area contributed by atoms with Gasteiger partial charge in [-0.3, -0.25) is 9.71 Å². The number of hydrogen-bond acceptors (Lipinski definition) is 6. The second-order valence-corrected chi connectivity index (χ2v) is 7.19. The Bertz CT molecular complexity index is 933. The molecule has 0 aliphatic rings. The van der Waals surface area contributed by atoms with Gasteiger partial charge in [0.1, 0.15) is 5.82 Å². The van der Waals surface area contributed by atoms with Gasteiger partial charge in [0, 0.05) is 24.0 Å². The Balaban J connectivity index is 1.65. The van der Waals surface area contributed by atoms with E-state index in [4.69, 9.17) is 11.6 Å². The summed E-state index contributed by atoms with van der Waals surface area (Å²) in [5.41, 5.74) is 1.05. The fourth-order valence-electron chi connectivity index (χ4n) is 1.98. The molecule has 7 nitrogen and oxygen atoms in total. The first-order chi connectivity index (χ1) is 12.0. The van der Waals surface area contributed by atoms with Crippen molar-refractivity contribution in [3.05, 3.63) is 71.5 Å². The van der Waals surface area contributed by atoms with Crippen LogP contribution in [-0.2, 0) is 16.6 Å². The lowest BCUT2D eigenvalue weighted by molar-refractivity contribution is 0.601. The molecule has 0 spiro atoms. The SMILES string of the molecule is O=S(=O)(Nc1ccc(NCc2ccncc2)nn1)c1ccc(Cl)cc1. The first-order valence-corrected chi connectivity index (χ1v) is 9.14. The van der Waals surface area contributed by atoms with Crippen LogP contribution in [0.5, 0.6) is 0 Å². The second-order valence-electron chi connectivity index (χ2n) is 5.07. The Morgan fingerprint density at radius 3 is 2.16 bits per heavy atom. The van der Waals surface area contributed by atoms with Crippen molar-refractivity contribution in [1.82, 2.24) is 15.2 Å². The van der Waals surface area contributed by atoms with Gasteiger partial charge in [0.15, 0.2) is 5.82 Å². The molecule has 0 saturated carbocycles. The molecule has 1 aromatic carbocycles. The zero-order chi connectivity index (χ0) is 17.7. The number of sulfonamides is 1. The van der Waals surface area contributed by atoms with Gasteiger partial charge in [0.2, 0.25) is 0 Å². The monoisotopic (exact) mass is 375 g/mol. The molecule has 2 aromatic heterocycles. The van der Waals surface area contributed by atoms with E-state index in [1.54, 1.807) is 18.5 Å². The second kappa shape index (κ2) is 7.45. The number of nitrogens with one attached hydrogen (secondary N) is 2. The maximum atomic E-state index is 12.3. The molecule has 9 heteroatoms. The van der Waals surface area contributed by atoms with E-state index in [1.165, 1.54) is 30.3 Å². The van der Waals surface area contributed by atoms with E-state index in [2.05, 4.69) is 25.2 Å². The third-order valence-electron chi connectivity index (χ3n) is 3.25. The summed E-state index contributed by atoms with van der Waals surface area (Å²) in [6.07, 6.45) is 3.41. The molecule has 0 amide bonds. The first-order valence-electron chi connectivity index (χ1n) is 7.28. The van der Waals surface area contributed by atoms with Crippen LogP contribution in [-0.4, -0.2) is 23.6 Å². The number of hydrogen-bond donors (Lipinski definition) is 2. The van der Waals surface area contributed by atoms with Gasteiger partial charge in [0.05, 0.1) is 4.90 Å². The minimum atomic E-state index is -3.74. The van der Waals surface area contributed by atoms with Gasteiger partial charge in [-0.15, -0.1) is 10.2 Å². The van der Waals surface area contributed by atoms with E-state index < -0.39 is 10.0 Å². The number of nitrogens with zero attached hydrogens (tertiary/aromatic N) is 3. The van der Waals surface area contributed by atoms with E-state index >= 15 is 0 Å². The summed E-state index contributed by atoms with van der Waals surface area (Å²) in [4.78, 5) is 4.04. The number of pyridine rings is 1. The van der Waals surface area contributed by atoms with Crippen molar-refractivity contribution >= 4 is 33.3 Å². The molecule has 2 heterocycles. The minimum absolute atomic E-state index is 0.0959. The molecule has 3 rings (SSSR count). The highest BCUT2D eigenvalue weighted by atomic mass is 35.5. The van der Waals surface area contributed by atoms with Crippen molar-refractivity contribution < 1.29 is 8.42 Å². The van der Waals surface area contributed by atoms with Crippen LogP contribution >= 0.6 is 11.6 Å². The lowest BCUT2D eigenvalue weighted by Gasteiger charge is -2.08. The largest absolute Gasteiger partial charge is 0.365 e. The van der Waals surface area contributed by atoms with Crippen molar-refractivity contribution in [3.63, 3.8) is 0 Å². The molecule has 0 saturated heterocycles. The number of halogens is 1. The summed E-state index contributed by atoms with van der Waals surface area (Å²) in [6, 6.07) is 12.8. The van der Waals surface area contributed by atoms with Crippen LogP contribution in [0.4, 0.5) is 11.6 Å². The number of aromatic nitrogens is 3. The van der Waals surface area contributed by atoms with E-state index in [0.717, 1.165) is 5.56 Å². The Hall–Kier alpha value is -2.71. The maximum Gasteiger partial charge on any atom is 0.263 e. The molecule has 2 N–H and O–H groups in total. The summed E-state index contributed by atoms with van der Waals surface area (Å²) in [6.45, 7) is 0.563. The topological polar surface area (TPSA) is 96.9 Å². The van der Waals surface area contributed by atoms with E-state index in [1.807, 2.05) is 12.1 Å². The third-order valence-corrected chi connectivity index (χ3v) is 4.87. The average Bonchev–Trinajstić information content (AvgIpc) is 2.62. The normalized spacial score (nSPS) is 11.1. The average molecular weight is 376 g/mol. The summed E-state index contributed by atoms with van der Waals surface area (Å²) in [5.74, 6) is 0.663. The highest BCUT2D eigenvalue weighted by molar-refractivity contribution is 7.92. The van der Waals surface area contributed by atoms with Crippen LogP contribution in [0.25, 0.3) is 0 Å². The first kappa shape index (κ1) is 17.1. The minimum Gasteiger partial charge on any atom is -0.365 e. The lowest BCUT2D eigenvalue weighted by atomic mass is 10.3. The summed E-state index contributed by atoms with van der Waals surface area (Å²) in [5, 5.41) is 11.4. The van der Waals surface area contributed by atoms with Crippen LogP contribution in [0.1, 0.15) is 5.56 Å². The van der Waals surface area contributed by atoms with Crippen molar-refractivity contribution in [3.8, 4) is 0 Å². The van der Waals surface area contributed by atoms with Gasteiger partial charge in [-0.25, -0.2) is 8.42 Å². The molecule has 0 unspecified atom stereocenters. The van der Waals surface area contributed by atoms with Gasteiger partial charge in [-0.2, -0.15) is 0 Å². The predicted octanol–water partition coefficient (Wildman–Crippen LogP) is 2.94. The van der Waals surface area contributed by atoms with Crippen LogP contribution in [0, 0.1) is 0 Å². The van der Waals surface area contributed by atoms with Crippen LogP contribution < -0.4 is 10.0 Å². The van der Waals surface area contributed by atoms with Gasteiger partial charge >= 0.3 is 0 Å². The molecule has 0 atom stereocenters. The fourth-order valence-corrected chi connectivity index (χ4v) is 3.11. The van der Waals surface area contributed by atoms with Crippen LogP contribution in [0.2, 0.25) is 5.02 Å². The summed E-state index contributed by atoms with van der Waals surface area (Å²) >= 11 is 5.77. The third kappa shape index (κ3) is 4.65. The van der Waals surface area contributed by atoms with Crippen LogP contribution in [0.15, 0.2) is 65.8 Å². The predicted molar refractivity (Wildman–Crippen MR) is 95.9 cm³/mol. The molecular weight excluding hydrogens is 362 g/mol. The molecular formula is C16H14ClN5O2S. The van der Waals surface area contributed by atoms with Crippen molar-refractivity contribution in [2.24, 2.45) is 0 Å². The van der Waals surface area contributed by atoms with E-state index in [0.29, 0.717) is 17.4 Å². The number of rotatable bonds is 6. The molecule has 0 aliphatic heterocycles. The quantitative estimate of drug-likeness (QED) is 0.687. The van der Waals surface area contributed by atoms with Crippen molar-refractivity contribution in [2.75, 3.05) is 10.0 Å². The molecule has 0 aliphatic carbocycles. The van der Waals surface area contributed by atoms with E-state index in [-0.39, 0.29) is 10.7 Å². The van der Waals surface area contributed by atoms with Crippen molar-refractivity contribution in [1.29, 1.82) is 0 Å². The molecule has 25 heavy (non-hydrogen) atoms. The Kier molecular flexibility index (Phi) is 5.11. The zero-order valence-corrected chi connectivity index (χ0v) is 14.5.